The van der Waals surface area contributed by atoms with Crippen LogP contribution in [0.3, 0.4) is 0 Å². The fourth-order valence-corrected chi connectivity index (χ4v) is 4.48. The molecule has 0 saturated carbocycles. The first-order valence-corrected chi connectivity index (χ1v) is 12.2. The molecule has 180 valence electrons. The van der Waals surface area contributed by atoms with E-state index in [1.165, 1.54) is 12.0 Å². The summed E-state index contributed by atoms with van der Waals surface area (Å²) in [7, 11) is 1.81. The summed E-state index contributed by atoms with van der Waals surface area (Å²) >= 11 is 0. The maximum Gasteiger partial charge on any atom is 0.326 e. The second kappa shape index (κ2) is 11.1. The molecule has 1 aliphatic heterocycles. The van der Waals surface area contributed by atoms with E-state index in [4.69, 9.17) is 4.98 Å². The molecule has 0 radical (unpaired) electrons. The number of anilines is 1. The van der Waals surface area contributed by atoms with Crippen LogP contribution in [-0.4, -0.2) is 44.3 Å². The zero-order valence-electron chi connectivity index (χ0n) is 19.7. The number of nitrogens with one attached hydrogen (secondary N) is 2. The van der Waals surface area contributed by atoms with E-state index in [-0.39, 0.29) is 5.91 Å². The molecule has 0 saturated heterocycles. The molecule has 8 nitrogen and oxygen atoms in total. The topological polar surface area (TPSA) is 109 Å². The predicted octanol–water partition coefficient (Wildman–Crippen LogP) is 4.09. The summed E-state index contributed by atoms with van der Waals surface area (Å²) in [4.78, 5) is 29.0. The van der Waals surface area contributed by atoms with Gasteiger partial charge in [0, 0.05) is 30.2 Å². The minimum Gasteiger partial charge on any atom is -0.480 e. The Morgan fingerprint density at radius 2 is 1.97 bits per heavy atom. The molecular weight excluding hydrogens is 430 g/mol. The third-order valence-corrected chi connectivity index (χ3v) is 6.49. The van der Waals surface area contributed by atoms with Gasteiger partial charge in [0.05, 0.1) is 11.7 Å². The number of amides is 1. The highest BCUT2D eigenvalue weighted by molar-refractivity contribution is 5.99. The van der Waals surface area contributed by atoms with E-state index < -0.39 is 12.0 Å². The standard InChI is InChI=1S/C26H33N5O3/c1-31-23-16-19(11-12-20(23)17-28-31)25(32)30-22(26(33)34)10-6-4-2-3-5-9-21-14-13-18-8-7-15-27-24(18)29-21/h11-14,16-17,22H,2-10,15H2,1H3,(H,27,29)(H,30,32)(H,33,34)/t22-/m1/s1. The van der Waals surface area contributed by atoms with Gasteiger partial charge in [-0.1, -0.05) is 37.8 Å². The molecule has 1 amide bonds. The molecule has 1 atom stereocenters. The first kappa shape index (κ1) is 23.7. The van der Waals surface area contributed by atoms with Crippen molar-refractivity contribution in [3.05, 3.63) is 53.3 Å². The molecule has 8 heteroatoms. The smallest absolute Gasteiger partial charge is 0.326 e. The molecule has 4 rings (SSSR count). The van der Waals surface area contributed by atoms with Gasteiger partial charge in [-0.05, 0) is 55.9 Å². The van der Waals surface area contributed by atoms with Gasteiger partial charge in [0.1, 0.15) is 11.9 Å². The van der Waals surface area contributed by atoms with E-state index in [0.717, 1.165) is 73.9 Å². The van der Waals surface area contributed by atoms with Crippen molar-refractivity contribution in [1.29, 1.82) is 0 Å². The molecule has 2 aromatic heterocycles. The number of benzene rings is 1. The third kappa shape index (κ3) is 5.92. The van der Waals surface area contributed by atoms with Gasteiger partial charge in [0.25, 0.3) is 5.91 Å². The largest absolute Gasteiger partial charge is 0.480 e. The van der Waals surface area contributed by atoms with Gasteiger partial charge >= 0.3 is 5.97 Å². The van der Waals surface area contributed by atoms with Crippen LogP contribution < -0.4 is 10.6 Å². The number of hydrogen-bond donors (Lipinski definition) is 3. The number of carbonyl (C=O) groups excluding carboxylic acids is 1. The normalized spacial score (nSPS) is 13.8. The van der Waals surface area contributed by atoms with Gasteiger partial charge in [-0.3, -0.25) is 9.48 Å². The minimum atomic E-state index is -0.998. The number of fused-ring (bicyclic) bond motifs is 2. The molecule has 0 fully saturated rings. The van der Waals surface area contributed by atoms with Crippen molar-refractivity contribution in [1.82, 2.24) is 20.1 Å². The van der Waals surface area contributed by atoms with E-state index in [0.29, 0.717) is 12.0 Å². The van der Waals surface area contributed by atoms with Gasteiger partial charge in [-0.2, -0.15) is 5.10 Å². The number of unbranched alkanes of at least 4 members (excludes halogenated alkanes) is 4. The van der Waals surface area contributed by atoms with Gasteiger partial charge in [-0.25, -0.2) is 9.78 Å². The first-order valence-electron chi connectivity index (χ1n) is 12.2. The number of carbonyl (C=O) groups is 2. The lowest BCUT2D eigenvalue weighted by atomic mass is 10.0. The highest BCUT2D eigenvalue weighted by Crippen LogP contribution is 2.21. The zero-order valence-corrected chi connectivity index (χ0v) is 19.7. The monoisotopic (exact) mass is 463 g/mol. The summed E-state index contributed by atoms with van der Waals surface area (Å²) < 4.78 is 1.69. The fourth-order valence-electron chi connectivity index (χ4n) is 4.48. The molecule has 0 spiro atoms. The summed E-state index contributed by atoms with van der Waals surface area (Å²) in [5.41, 5.74) is 3.72. The van der Waals surface area contributed by atoms with E-state index in [2.05, 4.69) is 27.9 Å². The van der Waals surface area contributed by atoms with Gasteiger partial charge in [0.15, 0.2) is 0 Å². The van der Waals surface area contributed by atoms with Crippen LogP contribution in [0.15, 0.2) is 36.5 Å². The van der Waals surface area contributed by atoms with Crippen molar-refractivity contribution < 1.29 is 14.7 Å². The minimum absolute atomic E-state index is 0.373. The number of aromatic nitrogens is 3. The Kier molecular flexibility index (Phi) is 7.77. The van der Waals surface area contributed by atoms with E-state index in [1.54, 1.807) is 23.0 Å². The van der Waals surface area contributed by atoms with Gasteiger partial charge in [0.2, 0.25) is 0 Å². The summed E-state index contributed by atoms with van der Waals surface area (Å²) in [5.74, 6) is -0.324. The average molecular weight is 464 g/mol. The zero-order chi connectivity index (χ0) is 23.9. The maximum atomic E-state index is 12.6. The number of carboxylic acids is 1. The van der Waals surface area contributed by atoms with E-state index in [1.807, 2.05) is 13.1 Å². The molecule has 3 heterocycles. The average Bonchev–Trinajstić information content (AvgIpc) is 3.22. The molecule has 3 N–H and O–H groups in total. The SMILES string of the molecule is Cn1ncc2ccc(C(=O)N[C@H](CCCCCCCc3ccc4c(n3)NCCC4)C(=O)O)cc21. The molecule has 34 heavy (non-hydrogen) atoms. The Morgan fingerprint density at radius 1 is 1.15 bits per heavy atom. The van der Waals surface area contributed by atoms with Crippen LogP contribution in [-0.2, 0) is 24.7 Å². The Morgan fingerprint density at radius 3 is 2.82 bits per heavy atom. The molecule has 1 aliphatic rings. The highest BCUT2D eigenvalue weighted by Gasteiger charge is 2.20. The van der Waals surface area contributed by atoms with Crippen LogP contribution in [0, 0.1) is 0 Å². The molecule has 1 aromatic carbocycles. The Bertz CT molecular complexity index is 1160. The Hall–Kier alpha value is -3.42. The molecular formula is C26H33N5O3. The van der Waals surface area contributed by atoms with Crippen molar-refractivity contribution in [2.45, 2.75) is 63.8 Å². The number of hydrogen-bond acceptors (Lipinski definition) is 5. The van der Waals surface area contributed by atoms with Crippen LogP contribution in [0.2, 0.25) is 0 Å². The number of aryl methyl sites for hydroxylation is 3. The highest BCUT2D eigenvalue weighted by atomic mass is 16.4. The van der Waals surface area contributed by atoms with Gasteiger partial charge < -0.3 is 15.7 Å². The summed E-state index contributed by atoms with van der Waals surface area (Å²) in [6.07, 6.45) is 10.3. The van der Waals surface area contributed by atoms with Crippen LogP contribution >= 0.6 is 0 Å². The van der Waals surface area contributed by atoms with E-state index >= 15 is 0 Å². The lowest BCUT2D eigenvalue weighted by Crippen LogP contribution is -2.40. The summed E-state index contributed by atoms with van der Waals surface area (Å²) in [6, 6.07) is 8.71. The number of pyridine rings is 1. The molecule has 3 aromatic rings. The summed E-state index contributed by atoms with van der Waals surface area (Å²) in [6.45, 7) is 1.00. The Balaban J connectivity index is 1.17. The molecule has 0 bridgehead atoms. The number of carboxylic acid groups (broad SMARTS) is 1. The second-order valence-electron chi connectivity index (χ2n) is 9.05. The number of nitrogens with zero attached hydrogens (tertiary/aromatic N) is 3. The number of rotatable bonds is 11. The summed E-state index contributed by atoms with van der Waals surface area (Å²) in [5, 5.41) is 20.7. The lowest BCUT2D eigenvalue weighted by Gasteiger charge is -2.17. The van der Waals surface area contributed by atoms with Crippen molar-refractivity contribution in [2.75, 3.05) is 11.9 Å². The first-order chi connectivity index (χ1) is 16.5. The molecule has 0 unspecified atom stereocenters. The van der Waals surface area contributed by atoms with Crippen LogP contribution in [0.1, 0.15) is 66.6 Å². The van der Waals surface area contributed by atoms with Crippen LogP contribution in [0.4, 0.5) is 5.82 Å². The van der Waals surface area contributed by atoms with E-state index in [9.17, 15) is 14.7 Å². The van der Waals surface area contributed by atoms with Crippen molar-refractivity contribution >= 4 is 28.6 Å². The molecule has 0 aliphatic carbocycles. The van der Waals surface area contributed by atoms with Crippen LogP contribution in [0.25, 0.3) is 10.9 Å². The fraction of sp³-hybridized carbons (Fsp3) is 0.462. The predicted molar refractivity (Wildman–Crippen MR) is 132 cm³/mol. The Labute approximate surface area is 199 Å². The van der Waals surface area contributed by atoms with Crippen molar-refractivity contribution in [2.24, 2.45) is 7.05 Å². The van der Waals surface area contributed by atoms with Crippen molar-refractivity contribution in [3.63, 3.8) is 0 Å². The van der Waals surface area contributed by atoms with Crippen molar-refractivity contribution in [3.8, 4) is 0 Å². The van der Waals surface area contributed by atoms with Gasteiger partial charge in [-0.15, -0.1) is 0 Å². The number of aliphatic carboxylic acids is 1. The quantitative estimate of drug-likeness (QED) is 0.370. The second-order valence-corrected chi connectivity index (χ2v) is 9.05. The third-order valence-electron chi connectivity index (χ3n) is 6.49. The van der Waals surface area contributed by atoms with Crippen LogP contribution in [0.5, 0.6) is 0 Å². The lowest BCUT2D eigenvalue weighted by molar-refractivity contribution is -0.139. The maximum absolute atomic E-state index is 12.6.